The number of aliphatic carboxylic acids is 1. The van der Waals surface area contributed by atoms with Gasteiger partial charge in [-0.25, -0.2) is 4.79 Å². The molecule has 82 heavy (non-hydrogen) atoms. The van der Waals surface area contributed by atoms with E-state index in [1.54, 1.807) is 7.11 Å². The van der Waals surface area contributed by atoms with Gasteiger partial charge in [-0.05, 0) is 112 Å². The number of amides is 2. The van der Waals surface area contributed by atoms with Gasteiger partial charge in [0.1, 0.15) is 24.5 Å². The molecule has 8 rings (SSSR count). The van der Waals surface area contributed by atoms with Crippen LogP contribution in [0.2, 0.25) is 0 Å². The number of methoxy groups -OCH3 is 2. The number of fused-ring (bicyclic) bond motifs is 2. The molecule has 452 valence electrons. The first kappa shape index (κ1) is 62.4. The lowest BCUT2D eigenvalue weighted by Gasteiger charge is -2.63. The Morgan fingerprint density at radius 3 is 2.46 bits per heavy atom. The van der Waals surface area contributed by atoms with Crippen molar-refractivity contribution in [2.45, 2.75) is 164 Å². The molecule has 3 fully saturated rings. The van der Waals surface area contributed by atoms with Crippen LogP contribution >= 0.6 is 0 Å². The molecule has 5 heterocycles. The molecular formula is C61H88N6O15. The largest absolute Gasteiger partial charge is 0.496 e. The van der Waals surface area contributed by atoms with Gasteiger partial charge < -0.3 is 69.7 Å². The average molecular weight is 1150 g/mol. The van der Waals surface area contributed by atoms with E-state index >= 15 is 0 Å². The molecule has 8 N–H and O–H groups in total. The minimum Gasteiger partial charge on any atom is -0.496 e. The Kier molecular flexibility index (Phi) is 20.2. The number of aromatic amines is 1. The molecule has 21 nitrogen and oxygen atoms in total. The van der Waals surface area contributed by atoms with Gasteiger partial charge >= 0.3 is 17.9 Å². The minimum absolute atomic E-state index is 0.00919. The number of hydrogen-bond donors (Lipinski definition) is 8. The van der Waals surface area contributed by atoms with Gasteiger partial charge in [-0.2, -0.15) is 0 Å². The number of carbonyl (C=O) groups excluding carboxylic acids is 4. The Balaban J connectivity index is 0.911. The van der Waals surface area contributed by atoms with Crippen molar-refractivity contribution in [1.82, 2.24) is 25.4 Å². The maximum atomic E-state index is 14.9. The van der Waals surface area contributed by atoms with E-state index in [2.05, 4.69) is 31.5 Å². The Labute approximate surface area is 481 Å². The molecule has 1 aliphatic carbocycles. The summed E-state index contributed by atoms with van der Waals surface area (Å²) in [6.07, 6.45) is 6.24. The van der Waals surface area contributed by atoms with E-state index in [1.165, 1.54) is 14.0 Å². The number of anilines is 1. The van der Waals surface area contributed by atoms with E-state index in [4.69, 9.17) is 23.7 Å². The number of carboxylic acids is 1. The number of aromatic nitrogens is 1. The standard InChI is InChI=1S/C61H88N6O15/c1-8-41(35-68)82-52(79-7)36-81-51(72)19-13-18-49(69)63-38(4)53(73)80-29-15-25-62-57(75)61(77)55-60(24-28-67-26-14-23-59(10-3,54(60)67)56(61)74)44-30-40(48(78-6)32-47(44)65(55)5)21-20-39-33-58(76,9-2)37-66(34-39)27-22-43-42-16-11-12-17-45(42)64-46(43)31-50(70)71/h11-12,14,16-17,23,30,32,38-39,41,52,54-56,64,68,74,76-77H,8-10,13,15,18-22,24-29,31,33-37H2,1-7H3,(H,62,75)(H,63,69)(H,70,71)/t38-,39?,41?,52?,54?,55?,56-,58?,59-,60?,61+/m1/s1. The van der Waals surface area contributed by atoms with Crippen LogP contribution in [0.5, 0.6) is 5.75 Å². The van der Waals surface area contributed by atoms with E-state index in [-0.39, 0.29) is 70.4 Å². The molecule has 4 aliphatic heterocycles. The second kappa shape index (κ2) is 26.5. The van der Waals surface area contributed by atoms with Crippen molar-refractivity contribution in [3.8, 4) is 5.75 Å². The predicted octanol–water partition coefficient (Wildman–Crippen LogP) is 3.67. The molecule has 2 amide bonds. The van der Waals surface area contributed by atoms with Crippen LogP contribution < -0.4 is 20.3 Å². The first-order valence-electron chi connectivity index (χ1n) is 29.5. The summed E-state index contributed by atoms with van der Waals surface area (Å²) < 4.78 is 27.5. The number of likely N-dealkylation sites (tertiary alicyclic amines) is 1. The van der Waals surface area contributed by atoms with E-state index in [1.807, 2.05) is 75.2 Å². The van der Waals surface area contributed by atoms with Gasteiger partial charge in [0.25, 0.3) is 5.91 Å². The molecule has 0 radical (unpaired) electrons. The molecule has 1 saturated carbocycles. The van der Waals surface area contributed by atoms with Crippen molar-refractivity contribution in [2.24, 2.45) is 11.3 Å². The summed E-state index contributed by atoms with van der Waals surface area (Å²) in [4.78, 5) is 74.7. The Bertz CT molecular complexity index is 2790. The normalized spacial score (nSPS) is 27.7. The SMILES string of the molecule is CCC(CO)OC(COC(=O)CCCC(=O)N[C@H](C)C(=O)OCCCNC(=O)[C@]1(O)C2N(C)c3cc(OC)c(CCC4CN(CCc5c(CC(=O)O)[nH]c6ccccc56)CC(O)(CC)C4)cc3C23CCN2CC=C[C@](CC)(C23)[C@H]1O)OC. The number of aryl methyl sites for hydroxylation is 1. The lowest BCUT2D eigenvalue weighted by atomic mass is 9.47. The van der Waals surface area contributed by atoms with Crippen LogP contribution in [0.1, 0.15) is 114 Å². The molecule has 21 heteroatoms. The first-order valence-corrected chi connectivity index (χ1v) is 29.5. The van der Waals surface area contributed by atoms with Crippen molar-refractivity contribution >= 4 is 46.3 Å². The number of piperidine rings is 1. The van der Waals surface area contributed by atoms with Gasteiger partial charge in [0.2, 0.25) is 5.91 Å². The van der Waals surface area contributed by atoms with Crippen LogP contribution in [-0.4, -0.2) is 198 Å². The number of aliphatic hydroxyl groups is 4. The number of β-amino-alcohol motifs (C(OH)–C–C–N with tert-alkyl or cyclic N) is 1. The number of H-pyrrole nitrogens is 1. The first-order chi connectivity index (χ1) is 39.2. The van der Waals surface area contributed by atoms with E-state index in [0.717, 1.165) is 46.2 Å². The molecule has 7 unspecified atom stereocenters. The molecule has 2 aromatic carbocycles. The Morgan fingerprint density at radius 2 is 1.76 bits per heavy atom. The van der Waals surface area contributed by atoms with Crippen LogP contribution in [0, 0.1) is 11.3 Å². The summed E-state index contributed by atoms with van der Waals surface area (Å²) in [5.41, 5.74) is 0.382. The van der Waals surface area contributed by atoms with Gasteiger partial charge in [0.05, 0.1) is 44.5 Å². The topological polar surface area (TPSA) is 282 Å². The highest BCUT2D eigenvalue weighted by Gasteiger charge is 2.78. The van der Waals surface area contributed by atoms with E-state index < -0.39 is 82.3 Å². The fourth-order valence-electron chi connectivity index (χ4n) is 14.5. The van der Waals surface area contributed by atoms with Gasteiger partial charge in [-0.1, -0.05) is 51.1 Å². The van der Waals surface area contributed by atoms with Crippen molar-refractivity contribution in [2.75, 3.05) is 85.3 Å². The van der Waals surface area contributed by atoms with Crippen LogP contribution in [0.25, 0.3) is 10.9 Å². The van der Waals surface area contributed by atoms with Crippen molar-refractivity contribution in [3.63, 3.8) is 0 Å². The number of ether oxygens (including phenoxy) is 5. The Hall–Kier alpha value is -5.65. The summed E-state index contributed by atoms with van der Waals surface area (Å²) in [5.74, 6) is -2.54. The average Bonchev–Trinajstić information content (AvgIpc) is 2.76. The molecule has 1 aromatic heterocycles. The highest BCUT2D eigenvalue weighted by molar-refractivity contribution is 5.91. The van der Waals surface area contributed by atoms with Crippen molar-refractivity contribution in [1.29, 1.82) is 0 Å². The van der Waals surface area contributed by atoms with Crippen molar-refractivity contribution < 1.29 is 73.2 Å². The third-order valence-electron chi connectivity index (χ3n) is 18.5. The zero-order valence-corrected chi connectivity index (χ0v) is 48.9. The third-order valence-corrected chi connectivity index (χ3v) is 18.5. The zero-order valence-electron chi connectivity index (χ0n) is 48.9. The fraction of sp³-hybridized carbons (Fsp3) is 0.656. The number of nitrogens with zero attached hydrogens (tertiary/aromatic N) is 3. The quantitative estimate of drug-likeness (QED) is 0.0213. The fourth-order valence-corrected chi connectivity index (χ4v) is 14.5. The highest BCUT2D eigenvalue weighted by Crippen LogP contribution is 2.67. The predicted molar refractivity (Wildman–Crippen MR) is 305 cm³/mol. The molecule has 0 bridgehead atoms. The number of rotatable bonds is 29. The summed E-state index contributed by atoms with van der Waals surface area (Å²) in [6, 6.07) is 9.97. The number of hydrogen-bond acceptors (Lipinski definition) is 17. The number of benzene rings is 2. The summed E-state index contributed by atoms with van der Waals surface area (Å²) in [5, 5.41) is 63.7. The van der Waals surface area contributed by atoms with Crippen LogP contribution in [0.15, 0.2) is 48.6 Å². The van der Waals surface area contributed by atoms with Gasteiger partial charge in [0.15, 0.2) is 11.9 Å². The second-order valence-electron chi connectivity index (χ2n) is 23.5. The molecule has 11 atom stereocenters. The number of carboxylic acid groups (broad SMARTS) is 1. The number of para-hydroxylation sites is 1. The van der Waals surface area contributed by atoms with E-state index in [9.17, 15) is 49.5 Å². The lowest BCUT2D eigenvalue weighted by molar-refractivity contribution is -0.203. The number of nitrogens with one attached hydrogen (secondary N) is 3. The van der Waals surface area contributed by atoms with Gasteiger partial charge in [0, 0.05) is 105 Å². The number of esters is 2. The van der Waals surface area contributed by atoms with E-state index in [0.29, 0.717) is 82.6 Å². The van der Waals surface area contributed by atoms with Gasteiger partial charge in [-0.15, -0.1) is 0 Å². The maximum absolute atomic E-state index is 14.9. The van der Waals surface area contributed by atoms with Crippen LogP contribution in [0.3, 0.4) is 0 Å². The molecular weight excluding hydrogens is 1060 g/mol. The van der Waals surface area contributed by atoms with Gasteiger partial charge in [-0.3, -0.25) is 29.0 Å². The third kappa shape index (κ3) is 12.4. The highest BCUT2D eigenvalue weighted by atomic mass is 16.7. The monoisotopic (exact) mass is 1140 g/mol. The maximum Gasteiger partial charge on any atom is 0.328 e. The number of aliphatic hydroxyl groups excluding tert-OH is 2. The number of carbonyl (C=O) groups is 5. The lowest BCUT2D eigenvalue weighted by Crippen LogP contribution is -2.81. The molecule has 2 saturated heterocycles. The molecule has 3 aromatic rings. The van der Waals surface area contributed by atoms with Crippen molar-refractivity contribution in [3.05, 3.63) is 70.9 Å². The summed E-state index contributed by atoms with van der Waals surface area (Å²) in [7, 11) is 4.91. The summed E-state index contributed by atoms with van der Waals surface area (Å²) >= 11 is 0. The molecule has 1 spiro atoms. The second-order valence-corrected chi connectivity index (χ2v) is 23.5. The zero-order chi connectivity index (χ0) is 59.1. The smallest absolute Gasteiger partial charge is 0.328 e. The van der Waals surface area contributed by atoms with Crippen LogP contribution in [-0.2, 0) is 67.6 Å². The van der Waals surface area contributed by atoms with Crippen LogP contribution in [0.4, 0.5) is 5.69 Å². The number of likely N-dealkylation sites (N-methyl/N-ethyl adjacent to an activating group) is 1. The minimum atomic E-state index is -2.31. The summed E-state index contributed by atoms with van der Waals surface area (Å²) in [6.45, 7) is 10.1. The Morgan fingerprint density at radius 1 is 0.976 bits per heavy atom. The molecule has 5 aliphatic rings.